The number of ether oxygens (including phenoxy) is 1. The molecule has 1 N–H and O–H groups in total. The minimum absolute atomic E-state index is 0.0441. The second-order valence-electron chi connectivity index (χ2n) is 4.66. The highest BCUT2D eigenvalue weighted by Crippen LogP contribution is 2.12. The number of nitrogens with zero attached hydrogens (tertiary/aromatic N) is 3. The molecule has 1 aliphatic heterocycles. The standard InChI is InChI=1S/C14H20N4O3/c1-3-21-14(20)18-8-6-17(7-9-18)13(19)11-4-5-16-12(10-11)15-2/h4-5,10H,3,6-9H2,1-2H3,(H,15,16). The summed E-state index contributed by atoms with van der Waals surface area (Å²) in [6.07, 6.45) is 1.29. The average molecular weight is 292 g/mol. The first-order valence-electron chi connectivity index (χ1n) is 7.00. The van der Waals surface area contributed by atoms with E-state index in [0.717, 1.165) is 0 Å². The quantitative estimate of drug-likeness (QED) is 0.901. The molecule has 0 unspecified atom stereocenters. The van der Waals surface area contributed by atoms with Gasteiger partial charge in [-0.2, -0.15) is 0 Å². The zero-order valence-corrected chi connectivity index (χ0v) is 12.3. The smallest absolute Gasteiger partial charge is 0.409 e. The first kappa shape index (κ1) is 15.1. The number of pyridine rings is 1. The van der Waals surface area contributed by atoms with E-state index in [-0.39, 0.29) is 12.0 Å². The van der Waals surface area contributed by atoms with Crippen LogP contribution in [-0.4, -0.2) is 66.6 Å². The molecule has 2 amide bonds. The van der Waals surface area contributed by atoms with Crippen LogP contribution in [0.1, 0.15) is 17.3 Å². The predicted molar refractivity (Wildman–Crippen MR) is 78.3 cm³/mol. The number of hydrogen-bond donors (Lipinski definition) is 1. The highest BCUT2D eigenvalue weighted by atomic mass is 16.6. The Bertz CT molecular complexity index is 513. The number of amides is 2. The van der Waals surface area contributed by atoms with E-state index in [1.165, 1.54) is 0 Å². The van der Waals surface area contributed by atoms with Gasteiger partial charge >= 0.3 is 6.09 Å². The van der Waals surface area contributed by atoms with Crippen molar-refractivity contribution in [2.75, 3.05) is 45.2 Å². The van der Waals surface area contributed by atoms with E-state index >= 15 is 0 Å². The van der Waals surface area contributed by atoms with Crippen LogP contribution in [0, 0.1) is 0 Å². The van der Waals surface area contributed by atoms with Crippen molar-refractivity contribution in [3.05, 3.63) is 23.9 Å². The Morgan fingerprint density at radius 1 is 1.29 bits per heavy atom. The Morgan fingerprint density at radius 3 is 2.57 bits per heavy atom. The van der Waals surface area contributed by atoms with Gasteiger partial charge in [-0.3, -0.25) is 4.79 Å². The van der Waals surface area contributed by atoms with Gasteiger partial charge in [-0.15, -0.1) is 0 Å². The Hall–Kier alpha value is -2.31. The summed E-state index contributed by atoms with van der Waals surface area (Å²) < 4.78 is 4.96. The summed E-state index contributed by atoms with van der Waals surface area (Å²) in [5.74, 6) is 0.614. The number of hydrogen-bond acceptors (Lipinski definition) is 5. The molecule has 21 heavy (non-hydrogen) atoms. The Labute approximate surface area is 123 Å². The van der Waals surface area contributed by atoms with E-state index in [1.807, 2.05) is 0 Å². The van der Waals surface area contributed by atoms with Crippen LogP contribution in [0.25, 0.3) is 0 Å². The Kier molecular flexibility index (Phi) is 4.97. The number of piperazine rings is 1. The molecule has 0 aliphatic carbocycles. The third-order valence-corrected chi connectivity index (χ3v) is 3.36. The van der Waals surface area contributed by atoms with Crippen LogP contribution in [0.4, 0.5) is 10.6 Å². The Morgan fingerprint density at radius 2 is 1.95 bits per heavy atom. The van der Waals surface area contributed by atoms with Crippen LogP contribution in [0.3, 0.4) is 0 Å². The zero-order valence-electron chi connectivity index (χ0n) is 12.3. The minimum atomic E-state index is -0.314. The molecule has 0 bridgehead atoms. The van der Waals surface area contributed by atoms with Gasteiger partial charge in [0.15, 0.2) is 0 Å². The van der Waals surface area contributed by atoms with Crippen molar-refractivity contribution in [2.45, 2.75) is 6.92 Å². The predicted octanol–water partition coefficient (Wildman–Crippen LogP) is 1.04. The van der Waals surface area contributed by atoms with Crippen LogP contribution >= 0.6 is 0 Å². The maximum absolute atomic E-state index is 12.4. The van der Waals surface area contributed by atoms with Crippen molar-refractivity contribution in [2.24, 2.45) is 0 Å². The van der Waals surface area contributed by atoms with E-state index in [0.29, 0.717) is 44.2 Å². The van der Waals surface area contributed by atoms with E-state index in [9.17, 15) is 9.59 Å². The molecule has 1 saturated heterocycles. The Balaban J connectivity index is 1.95. The van der Waals surface area contributed by atoms with E-state index < -0.39 is 0 Å². The maximum Gasteiger partial charge on any atom is 0.409 e. The van der Waals surface area contributed by atoms with Gasteiger partial charge in [0.1, 0.15) is 5.82 Å². The summed E-state index contributed by atoms with van der Waals surface area (Å²) in [6.45, 7) is 4.15. The number of anilines is 1. The number of carbonyl (C=O) groups is 2. The molecular formula is C14H20N4O3. The van der Waals surface area contributed by atoms with Gasteiger partial charge in [-0.1, -0.05) is 0 Å². The normalized spacial score (nSPS) is 14.8. The van der Waals surface area contributed by atoms with E-state index in [1.54, 1.807) is 42.1 Å². The first-order chi connectivity index (χ1) is 10.2. The number of carbonyl (C=O) groups excluding carboxylic acids is 2. The molecule has 0 atom stereocenters. The molecule has 1 aromatic heterocycles. The third kappa shape index (κ3) is 3.62. The number of rotatable bonds is 3. The summed E-state index contributed by atoms with van der Waals surface area (Å²) in [6, 6.07) is 3.42. The molecule has 0 spiro atoms. The van der Waals surface area contributed by atoms with E-state index in [2.05, 4.69) is 10.3 Å². The second-order valence-corrected chi connectivity index (χ2v) is 4.66. The van der Waals surface area contributed by atoms with Crippen molar-refractivity contribution in [3.8, 4) is 0 Å². The van der Waals surface area contributed by atoms with Crippen LogP contribution in [-0.2, 0) is 4.74 Å². The number of nitrogens with one attached hydrogen (secondary N) is 1. The lowest BCUT2D eigenvalue weighted by molar-refractivity contribution is 0.0570. The van der Waals surface area contributed by atoms with Crippen molar-refractivity contribution in [1.29, 1.82) is 0 Å². The molecule has 2 rings (SSSR count). The summed E-state index contributed by atoms with van der Waals surface area (Å²) in [5, 5.41) is 2.91. The lowest BCUT2D eigenvalue weighted by Gasteiger charge is -2.34. The van der Waals surface area contributed by atoms with Gasteiger partial charge < -0.3 is 19.9 Å². The third-order valence-electron chi connectivity index (χ3n) is 3.36. The van der Waals surface area contributed by atoms with Gasteiger partial charge in [-0.05, 0) is 19.1 Å². The summed E-state index contributed by atoms with van der Waals surface area (Å²) in [7, 11) is 1.76. The fraction of sp³-hybridized carbons (Fsp3) is 0.500. The van der Waals surface area contributed by atoms with Crippen LogP contribution in [0.15, 0.2) is 18.3 Å². The fourth-order valence-corrected chi connectivity index (χ4v) is 2.19. The molecular weight excluding hydrogens is 272 g/mol. The summed E-state index contributed by atoms with van der Waals surface area (Å²) in [4.78, 5) is 31.5. The molecule has 0 saturated carbocycles. The van der Waals surface area contributed by atoms with E-state index in [4.69, 9.17) is 4.74 Å². The second kappa shape index (κ2) is 6.92. The molecule has 7 heteroatoms. The highest BCUT2D eigenvalue weighted by Gasteiger charge is 2.25. The first-order valence-corrected chi connectivity index (χ1v) is 7.00. The van der Waals surface area contributed by atoms with Crippen molar-refractivity contribution in [1.82, 2.24) is 14.8 Å². The highest BCUT2D eigenvalue weighted by molar-refractivity contribution is 5.95. The molecule has 1 fully saturated rings. The monoisotopic (exact) mass is 292 g/mol. The van der Waals surface area contributed by atoms with Crippen LogP contribution < -0.4 is 5.32 Å². The zero-order chi connectivity index (χ0) is 15.2. The molecule has 1 aromatic rings. The largest absolute Gasteiger partial charge is 0.450 e. The molecule has 1 aliphatic rings. The molecule has 0 aromatic carbocycles. The lowest BCUT2D eigenvalue weighted by Crippen LogP contribution is -2.50. The average Bonchev–Trinajstić information content (AvgIpc) is 2.54. The van der Waals surface area contributed by atoms with Gasteiger partial charge in [0.2, 0.25) is 0 Å². The molecule has 7 nitrogen and oxygen atoms in total. The van der Waals surface area contributed by atoms with Gasteiger partial charge in [0.25, 0.3) is 5.91 Å². The summed E-state index contributed by atoms with van der Waals surface area (Å²) >= 11 is 0. The number of aromatic nitrogens is 1. The van der Waals surface area contributed by atoms with Crippen LogP contribution in [0.2, 0.25) is 0 Å². The van der Waals surface area contributed by atoms with Gasteiger partial charge in [0, 0.05) is 45.0 Å². The maximum atomic E-state index is 12.4. The van der Waals surface area contributed by atoms with Gasteiger partial charge in [0.05, 0.1) is 6.61 Å². The van der Waals surface area contributed by atoms with Crippen molar-refractivity contribution >= 4 is 17.8 Å². The summed E-state index contributed by atoms with van der Waals surface area (Å²) in [5.41, 5.74) is 0.596. The van der Waals surface area contributed by atoms with Crippen molar-refractivity contribution in [3.63, 3.8) is 0 Å². The van der Waals surface area contributed by atoms with Gasteiger partial charge in [-0.25, -0.2) is 9.78 Å². The minimum Gasteiger partial charge on any atom is -0.450 e. The SMILES string of the molecule is CCOC(=O)N1CCN(C(=O)c2ccnc(NC)c2)CC1. The topological polar surface area (TPSA) is 74.8 Å². The molecule has 114 valence electrons. The van der Waals surface area contributed by atoms with Crippen molar-refractivity contribution < 1.29 is 14.3 Å². The fourth-order valence-electron chi connectivity index (χ4n) is 2.19. The molecule has 0 radical (unpaired) electrons. The molecule has 2 heterocycles. The lowest BCUT2D eigenvalue weighted by atomic mass is 10.2. The van der Waals surface area contributed by atoms with Crippen LogP contribution in [0.5, 0.6) is 0 Å².